The van der Waals surface area contributed by atoms with Crippen LogP contribution in [0.25, 0.3) is 17.2 Å². The second-order valence-corrected chi connectivity index (χ2v) is 6.63. The third kappa shape index (κ3) is 2.90. The predicted octanol–water partition coefficient (Wildman–Crippen LogP) is 4.64. The van der Waals surface area contributed by atoms with Crippen molar-refractivity contribution in [2.24, 2.45) is 0 Å². The topological polar surface area (TPSA) is 56.2 Å². The van der Waals surface area contributed by atoms with E-state index in [-0.39, 0.29) is 0 Å². The summed E-state index contributed by atoms with van der Waals surface area (Å²) in [5.74, 6) is 1.22. The number of aromatic nitrogens is 4. The summed E-state index contributed by atoms with van der Waals surface area (Å²) in [5, 5.41) is 9.57. The number of hydrogen-bond acceptors (Lipinski definition) is 5. The number of imidazole rings is 1. The zero-order valence-corrected chi connectivity index (χ0v) is 14.4. The third-order valence-corrected chi connectivity index (χ3v) is 4.73. The summed E-state index contributed by atoms with van der Waals surface area (Å²) in [7, 11) is 0. The number of hydrogen-bond donors (Lipinski definition) is 0. The van der Waals surface area contributed by atoms with Gasteiger partial charge in [-0.05, 0) is 36.8 Å². The highest BCUT2D eigenvalue weighted by Crippen LogP contribution is 2.28. The summed E-state index contributed by atoms with van der Waals surface area (Å²) in [6.07, 6.45) is 1.94. The maximum Gasteiger partial charge on any atom is 0.277 e. The summed E-state index contributed by atoms with van der Waals surface area (Å²) >= 11 is 7.39. The molecule has 24 heavy (non-hydrogen) atoms. The molecule has 3 heterocycles. The molecule has 0 unspecified atom stereocenters. The summed E-state index contributed by atoms with van der Waals surface area (Å²) < 4.78 is 7.77. The van der Waals surface area contributed by atoms with E-state index in [2.05, 4.69) is 15.2 Å². The van der Waals surface area contributed by atoms with Gasteiger partial charge in [0, 0.05) is 17.0 Å². The van der Waals surface area contributed by atoms with Crippen LogP contribution in [0.1, 0.15) is 11.3 Å². The molecule has 0 bridgehead atoms. The Kier molecular flexibility index (Phi) is 4.00. The van der Waals surface area contributed by atoms with Crippen molar-refractivity contribution in [3.05, 3.63) is 64.9 Å². The van der Waals surface area contributed by atoms with E-state index >= 15 is 0 Å². The van der Waals surface area contributed by atoms with Crippen molar-refractivity contribution < 1.29 is 4.42 Å². The molecule has 1 aromatic carbocycles. The van der Waals surface area contributed by atoms with E-state index in [1.165, 1.54) is 11.8 Å². The maximum absolute atomic E-state index is 5.90. The van der Waals surface area contributed by atoms with Crippen molar-refractivity contribution in [3.63, 3.8) is 0 Å². The Morgan fingerprint density at radius 2 is 1.96 bits per heavy atom. The van der Waals surface area contributed by atoms with Crippen LogP contribution >= 0.6 is 23.4 Å². The van der Waals surface area contributed by atoms with E-state index < -0.39 is 0 Å². The van der Waals surface area contributed by atoms with Crippen molar-refractivity contribution in [1.82, 2.24) is 19.6 Å². The lowest BCUT2D eigenvalue weighted by atomic mass is 10.2. The molecule has 3 aromatic heterocycles. The summed E-state index contributed by atoms with van der Waals surface area (Å²) in [6.45, 7) is 1.94. The van der Waals surface area contributed by atoms with Crippen LogP contribution in [0.15, 0.2) is 58.3 Å². The lowest BCUT2D eigenvalue weighted by Crippen LogP contribution is -1.88. The number of fused-ring (bicyclic) bond motifs is 1. The zero-order chi connectivity index (χ0) is 16.5. The van der Waals surface area contributed by atoms with Crippen LogP contribution in [0.3, 0.4) is 0 Å². The molecule has 0 fully saturated rings. The second-order valence-electron chi connectivity index (χ2n) is 5.26. The van der Waals surface area contributed by atoms with E-state index in [0.29, 0.717) is 11.1 Å². The first-order valence-electron chi connectivity index (χ1n) is 7.35. The van der Waals surface area contributed by atoms with Crippen molar-refractivity contribution in [2.45, 2.75) is 17.9 Å². The average molecular weight is 357 g/mol. The lowest BCUT2D eigenvalue weighted by Gasteiger charge is -1.98. The molecule has 4 rings (SSSR count). The number of rotatable bonds is 4. The molecule has 0 radical (unpaired) electrons. The van der Waals surface area contributed by atoms with Gasteiger partial charge in [0.1, 0.15) is 11.3 Å². The molecule has 5 nitrogen and oxygen atoms in total. The van der Waals surface area contributed by atoms with Crippen LogP contribution in [0.2, 0.25) is 5.02 Å². The second kappa shape index (κ2) is 6.30. The minimum absolute atomic E-state index is 0.477. The van der Waals surface area contributed by atoms with E-state index in [0.717, 1.165) is 33.4 Å². The Bertz CT molecular complexity index is 993. The number of pyridine rings is 1. The van der Waals surface area contributed by atoms with Gasteiger partial charge in [-0.2, -0.15) is 0 Å². The fraction of sp³-hybridized carbons (Fsp3) is 0.118. The van der Waals surface area contributed by atoms with E-state index in [4.69, 9.17) is 16.0 Å². The van der Waals surface area contributed by atoms with E-state index in [9.17, 15) is 0 Å². The van der Waals surface area contributed by atoms with E-state index in [1.54, 1.807) is 0 Å². The van der Waals surface area contributed by atoms with Gasteiger partial charge in [0.05, 0.1) is 5.69 Å². The SMILES string of the molecule is Cc1nc2ccccn2c1-c1nnc(SCc2ccc(Cl)cc2)o1. The largest absolute Gasteiger partial charge is 0.410 e. The van der Waals surface area contributed by atoms with Gasteiger partial charge in [0.2, 0.25) is 0 Å². The molecular formula is C17H13ClN4OS. The summed E-state index contributed by atoms with van der Waals surface area (Å²) in [6, 6.07) is 13.6. The Hall–Kier alpha value is -2.31. The first-order valence-corrected chi connectivity index (χ1v) is 8.72. The molecule has 0 saturated carbocycles. The number of nitrogens with zero attached hydrogens (tertiary/aromatic N) is 4. The zero-order valence-electron chi connectivity index (χ0n) is 12.8. The van der Waals surface area contributed by atoms with Gasteiger partial charge in [-0.1, -0.05) is 41.6 Å². The molecule has 0 saturated heterocycles. The molecule has 0 aliphatic rings. The molecule has 0 N–H and O–H groups in total. The van der Waals surface area contributed by atoms with E-state index in [1.807, 2.05) is 60.0 Å². The highest BCUT2D eigenvalue weighted by Gasteiger charge is 2.17. The first kappa shape index (κ1) is 15.2. The highest BCUT2D eigenvalue weighted by atomic mass is 35.5. The molecule has 0 amide bonds. The molecule has 0 atom stereocenters. The Morgan fingerprint density at radius 3 is 2.79 bits per heavy atom. The summed E-state index contributed by atoms with van der Waals surface area (Å²) in [5.41, 5.74) is 3.70. The van der Waals surface area contributed by atoms with Crippen molar-refractivity contribution in [3.8, 4) is 11.6 Å². The quantitative estimate of drug-likeness (QED) is 0.498. The number of thioether (sulfide) groups is 1. The molecule has 120 valence electrons. The normalized spacial score (nSPS) is 11.2. The van der Waals surface area contributed by atoms with Crippen LogP contribution < -0.4 is 0 Å². The summed E-state index contributed by atoms with van der Waals surface area (Å²) in [4.78, 5) is 4.52. The van der Waals surface area contributed by atoms with Crippen LogP contribution in [-0.4, -0.2) is 19.6 Å². The lowest BCUT2D eigenvalue weighted by molar-refractivity contribution is 0.464. The molecule has 4 aromatic rings. The van der Waals surface area contributed by atoms with Gasteiger partial charge >= 0.3 is 0 Å². The minimum Gasteiger partial charge on any atom is -0.410 e. The fourth-order valence-corrected chi connectivity index (χ4v) is 3.31. The van der Waals surface area contributed by atoms with Gasteiger partial charge in [0.15, 0.2) is 0 Å². The fourth-order valence-electron chi connectivity index (χ4n) is 2.46. The standard InChI is InChI=1S/C17H13ClN4OS/c1-11-15(22-9-3-2-4-14(22)19-11)16-20-21-17(23-16)24-10-12-5-7-13(18)8-6-12/h2-9H,10H2,1H3. The number of halogens is 1. The first-order chi connectivity index (χ1) is 11.7. The Balaban J connectivity index is 1.58. The molecule has 0 aliphatic carbocycles. The van der Waals surface area contributed by atoms with Crippen LogP contribution in [-0.2, 0) is 5.75 Å². The molecule has 7 heteroatoms. The van der Waals surface area contributed by atoms with Gasteiger partial charge < -0.3 is 4.42 Å². The van der Waals surface area contributed by atoms with Gasteiger partial charge in [-0.3, -0.25) is 4.40 Å². The third-order valence-electron chi connectivity index (χ3n) is 3.59. The van der Waals surface area contributed by atoms with Crippen molar-refractivity contribution in [1.29, 1.82) is 0 Å². The smallest absolute Gasteiger partial charge is 0.277 e. The monoisotopic (exact) mass is 356 g/mol. The van der Waals surface area contributed by atoms with Crippen LogP contribution in [0, 0.1) is 6.92 Å². The number of benzene rings is 1. The van der Waals surface area contributed by atoms with Gasteiger partial charge in [-0.25, -0.2) is 4.98 Å². The maximum atomic E-state index is 5.90. The van der Waals surface area contributed by atoms with Crippen LogP contribution in [0.5, 0.6) is 0 Å². The minimum atomic E-state index is 0.477. The Morgan fingerprint density at radius 1 is 1.12 bits per heavy atom. The Labute approximate surface area is 147 Å². The van der Waals surface area contributed by atoms with Gasteiger partial charge in [0.25, 0.3) is 11.1 Å². The van der Waals surface area contributed by atoms with Crippen molar-refractivity contribution >= 4 is 29.0 Å². The predicted molar refractivity (Wildman–Crippen MR) is 94.2 cm³/mol. The molecular weight excluding hydrogens is 344 g/mol. The van der Waals surface area contributed by atoms with Gasteiger partial charge in [-0.15, -0.1) is 10.2 Å². The number of aryl methyl sites for hydroxylation is 1. The molecule has 0 spiro atoms. The highest BCUT2D eigenvalue weighted by molar-refractivity contribution is 7.98. The average Bonchev–Trinajstić information content (AvgIpc) is 3.17. The van der Waals surface area contributed by atoms with Crippen LogP contribution in [0.4, 0.5) is 0 Å². The molecule has 0 aliphatic heterocycles. The van der Waals surface area contributed by atoms with Crippen molar-refractivity contribution in [2.75, 3.05) is 0 Å².